The lowest BCUT2D eigenvalue weighted by Gasteiger charge is -2.32. The molecule has 5 N–H and O–H groups in total. The lowest BCUT2D eigenvalue weighted by Crippen LogP contribution is -2.56. The SMILES string of the molecule is CCCC[C@H](NC(=O)[C@H](C)N(C(=O)OCc1ccccc1)c1cccc2ccccc12)C(=O)N[C@@H](CC(C)C)[C@@H](O)CC(CCO)C(=O)NCC(C)C. The largest absolute Gasteiger partial charge is 0.444 e. The van der Waals surface area contributed by atoms with Crippen molar-refractivity contribution in [2.24, 2.45) is 17.8 Å². The summed E-state index contributed by atoms with van der Waals surface area (Å²) in [5.41, 5.74) is 1.29. The van der Waals surface area contributed by atoms with Gasteiger partial charge in [0.2, 0.25) is 17.7 Å². The van der Waals surface area contributed by atoms with Crippen molar-refractivity contribution in [3.63, 3.8) is 0 Å². The van der Waals surface area contributed by atoms with Gasteiger partial charge in [-0.15, -0.1) is 0 Å². The fourth-order valence-electron chi connectivity index (χ4n) is 6.28. The summed E-state index contributed by atoms with van der Waals surface area (Å²) >= 11 is 0. The molecule has 0 aliphatic heterocycles. The van der Waals surface area contributed by atoms with Crippen molar-refractivity contribution in [2.45, 2.75) is 111 Å². The van der Waals surface area contributed by atoms with Gasteiger partial charge in [0, 0.05) is 24.5 Å². The molecule has 0 aliphatic rings. The third-order valence-corrected chi connectivity index (χ3v) is 9.25. The highest BCUT2D eigenvalue weighted by Gasteiger charge is 2.34. The maximum atomic E-state index is 14.1. The number of anilines is 1. The van der Waals surface area contributed by atoms with Crippen LogP contribution in [0.3, 0.4) is 0 Å². The van der Waals surface area contributed by atoms with Crippen LogP contribution in [0.4, 0.5) is 10.5 Å². The van der Waals surface area contributed by atoms with Crippen LogP contribution in [-0.4, -0.2) is 71.4 Å². The molecule has 0 aromatic heterocycles. The molecular formula is C42H60N4O7. The van der Waals surface area contributed by atoms with Crippen LogP contribution in [0.1, 0.15) is 85.6 Å². The Balaban J connectivity index is 1.85. The number of aliphatic hydroxyl groups excluding tert-OH is 2. The summed E-state index contributed by atoms with van der Waals surface area (Å²) in [5, 5.41) is 31.5. The van der Waals surface area contributed by atoms with E-state index in [0.717, 1.165) is 22.8 Å². The number of unbranched alkanes of at least 4 members (excludes halogenated alkanes) is 1. The number of aliphatic hydroxyl groups is 2. The average Bonchev–Trinajstić information content (AvgIpc) is 3.14. The van der Waals surface area contributed by atoms with Gasteiger partial charge < -0.3 is 30.9 Å². The number of fused-ring (bicyclic) bond motifs is 1. The van der Waals surface area contributed by atoms with Gasteiger partial charge in [0.1, 0.15) is 18.7 Å². The van der Waals surface area contributed by atoms with Crippen molar-refractivity contribution in [2.75, 3.05) is 18.1 Å². The van der Waals surface area contributed by atoms with Crippen molar-refractivity contribution in [1.82, 2.24) is 16.0 Å². The molecule has 0 radical (unpaired) electrons. The van der Waals surface area contributed by atoms with E-state index in [9.17, 15) is 29.4 Å². The van der Waals surface area contributed by atoms with Gasteiger partial charge in [-0.25, -0.2) is 4.79 Å². The lowest BCUT2D eigenvalue weighted by atomic mass is 9.89. The van der Waals surface area contributed by atoms with E-state index < -0.39 is 48.1 Å². The first-order valence-corrected chi connectivity index (χ1v) is 19.0. The van der Waals surface area contributed by atoms with Gasteiger partial charge in [-0.2, -0.15) is 0 Å². The molecule has 0 aliphatic carbocycles. The van der Waals surface area contributed by atoms with Gasteiger partial charge in [0.25, 0.3) is 0 Å². The summed E-state index contributed by atoms with van der Waals surface area (Å²) in [7, 11) is 0. The van der Waals surface area contributed by atoms with Crippen molar-refractivity contribution < 1.29 is 34.1 Å². The molecule has 0 bridgehead atoms. The third-order valence-electron chi connectivity index (χ3n) is 9.25. The van der Waals surface area contributed by atoms with Gasteiger partial charge in [0.15, 0.2) is 0 Å². The fraction of sp³-hybridized carbons (Fsp3) is 0.524. The summed E-state index contributed by atoms with van der Waals surface area (Å²) in [6.45, 7) is 11.8. The Hall–Kier alpha value is -4.48. The molecule has 0 saturated carbocycles. The van der Waals surface area contributed by atoms with Crippen LogP contribution in [0, 0.1) is 17.8 Å². The van der Waals surface area contributed by atoms with Gasteiger partial charge in [-0.05, 0) is 61.5 Å². The Morgan fingerprint density at radius 3 is 2.11 bits per heavy atom. The van der Waals surface area contributed by atoms with E-state index in [2.05, 4.69) is 16.0 Å². The number of hydrogen-bond acceptors (Lipinski definition) is 7. The fourth-order valence-corrected chi connectivity index (χ4v) is 6.28. The van der Waals surface area contributed by atoms with Crippen molar-refractivity contribution in [3.8, 4) is 0 Å². The van der Waals surface area contributed by atoms with E-state index in [1.54, 1.807) is 13.0 Å². The molecule has 11 heteroatoms. The Bertz CT molecular complexity index is 1590. The minimum Gasteiger partial charge on any atom is -0.444 e. The Morgan fingerprint density at radius 1 is 0.774 bits per heavy atom. The normalized spacial score (nSPS) is 14.2. The molecule has 0 saturated heterocycles. The Labute approximate surface area is 314 Å². The predicted molar refractivity (Wildman–Crippen MR) is 209 cm³/mol. The number of benzene rings is 3. The number of amides is 4. The van der Waals surface area contributed by atoms with E-state index in [1.165, 1.54) is 4.90 Å². The highest BCUT2D eigenvalue weighted by Crippen LogP contribution is 2.29. The summed E-state index contributed by atoms with van der Waals surface area (Å²) in [4.78, 5) is 56.2. The second kappa shape index (κ2) is 21.9. The Morgan fingerprint density at radius 2 is 1.45 bits per heavy atom. The van der Waals surface area contributed by atoms with E-state index >= 15 is 0 Å². The van der Waals surface area contributed by atoms with Crippen LogP contribution in [0.15, 0.2) is 72.8 Å². The van der Waals surface area contributed by atoms with E-state index in [4.69, 9.17) is 4.74 Å². The van der Waals surface area contributed by atoms with Crippen LogP contribution in [0.2, 0.25) is 0 Å². The number of carbonyl (C=O) groups is 4. The lowest BCUT2D eigenvalue weighted by molar-refractivity contribution is -0.131. The minimum absolute atomic E-state index is 0.00885. The molecule has 53 heavy (non-hydrogen) atoms. The molecule has 4 amide bonds. The molecule has 0 heterocycles. The first-order chi connectivity index (χ1) is 25.4. The zero-order valence-corrected chi connectivity index (χ0v) is 32.2. The molecule has 3 aromatic carbocycles. The quantitative estimate of drug-likeness (QED) is 0.0886. The van der Waals surface area contributed by atoms with Gasteiger partial charge in [0.05, 0.1) is 17.8 Å². The summed E-state index contributed by atoms with van der Waals surface area (Å²) in [5.74, 6) is -1.56. The second-order valence-corrected chi connectivity index (χ2v) is 14.7. The first-order valence-electron chi connectivity index (χ1n) is 19.0. The number of nitrogens with zero attached hydrogens (tertiary/aromatic N) is 1. The van der Waals surface area contributed by atoms with Crippen molar-refractivity contribution in [3.05, 3.63) is 78.4 Å². The van der Waals surface area contributed by atoms with Crippen LogP contribution in [0.25, 0.3) is 10.8 Å². The second-order valence-electron chi connectivity index (χ2n) is 14.7. The molecule has 11 nitrogen and oxygen atoms in total. The molecule has 3 aromatic rings. The van der Waals surface area contributed by atoms with Gasteiger partial charge >= 0.3 is 6.09 Å². The van der Waals surface area contributed by atoms with E-state index in [1.807, 2.05) is 101 Å². The van der Waals surface area contributed by atoms with Crippen molar-refractivity contribution >= 4 is 40.3 Å². The maximum Gasteiger partial charge on any atom is 0.415 e. The topological polar surface area (TPSA) is 157 Å². The number of ether oxygens (including phenoxy) is 1. The zero-order valence-electron chi connectivity index (χ0n) is 32.2. The summed E-state index contributed by atoms with van der Waals surface area (Å²) < 4.78 is 5.75. The minimum atomic E-state index is -1.08. The Kier molecular flexibility index (Phi) is 17.7. The first kappa shape index (κ1) is 42.9. The molecule has 1 unspecified atom stereocenters. The molecular weight excluding hydrogens is 672 g/mol. The summed E-state index contributed by atoms with van der Waals surface area (Å²) in [6.07, 6.45) is 0.624. The summed E-state index contributed by atoms with van der Waals surface area (Å²) in [6, 6.07) is 19.6. The van der Waals surface area contributed by atoms with Gasteiger partial charge in [-0.3, -0.25) is 19.3 Å². The standard InChI is InChI=1S/C42H60N4O7/c1-7-8-20-35(41(51)45-36(24-28(2)3)38(48)25-33(22-23-47)40(50)43-26-29(4)5)44-39(49)30(6)46(42(52)53-27-31-15-10-9-11-16-31)37-21-14-18-32-17-12-13-19-34(32)37/h9-19,21,28-30,33,35-36,38,47-48H,7-8,20,22-27H2,1-6H3,(H,43,50)(H,44,49)(H,45,51)/t30-,33?,35-,36-,38-/m0/s1. The number of hydrogen-bond donors (Lipinski definition) is 5. The monoisotopic (exact) mass is 732 g/mol. The maximum absolute atomic E-state index is 14.1. The highest BCUT2D eigenvalue weighted by atomic mass is 16.6. The van der Waals surface area contributed by atoms with Crippen LogP contribution >= 0.6 is 0 Å². The molecule has 5 atom stereocenters. The number of rotatable bonds is 21. The van der Waals surface area contributed by atoms with E-state index in [-0.39, 0.29) is 43.8 Å². The van der Waals surface area contributed by atoms with Crippen LogP contribution in [-0.2, 0) is 25.7 Å². The highest BCUT2D eigenvalue weighted by molar-refractivity contribution is 6.05. The van der Waals surface area contributed by atoms with Crippen molar-refractivity contribution in [1.29, 1.82) is 0 Å². The van der Waals surface area contributed by atoms with Crippen LogP contribution in [0.5, 0.6) is 0 Å². The molecule has 290 valence electrons. The third kappa shape index (κ3) is 13.5. The number of carbonyl (C=O) groups excluding carboxylic acids is 4. The average molecular weight is 733 g/mol. The predicted octanol–water partition coefficient (Wildman–Crippen LogP) is 6.10. The van der Waals surface area contributed by atoms with E-state index in [0.29, 0.717) is 31.5 Å². The smallest absolute Gasteiger partial charge is 0.415 e. The van der Waals surface area contributed by atoms with Gasteiger partial charge in [-0.1, -0.05) is 114 Å². The number of nitrogens with one attached hydrogen (secondary N) is 3. The zero-order chi connectivity index (χ0) is 38.9. The molecule has 3 rings (SSSR count). The molecule has 0 fully saturated rings. The molecule has 0 spiro atoms. The van der Waals surface area contributed by atoms with Crippen LogP contribution < -0.4 is 20.9 Å².